The largest absolute Gasteiger partial charge is 0.511 e. The van der Waals surface area contributed by atoms with Crippen LogP contribution in [0.5, 0.6) is 0 Å². The molecule has 1 saturated carbocycles. The summed E-state index contributed by atoms with van der Waals surface area (Å²) in [5.41, 5.74) is 2.86. The fraction of sp³-hybridized carbons (Fsp3) is 0.542. The van der Waals surface area contributed by atoms with Crippen LogP contribution >= 0.6 is 22.7 Å². The molecule has 0 saturated heterocycles. The molecule has 0 aliphatic heterocycles. The lowest BCUT2D eigenvalue weighted by atomic mass is 9.70. The first-order chi connectivity index (χ1) is 16.1. The molecule has 0 atom stereocenters. The third-order valence-electron chi connectivity index (χ3n) is 7.02. The summed E-state index contributed by atoms with van der Waals surface area (Å²) in [4.78, 5) is 30.1. The number of alkyl halides is 2. The van der Waals surface area contributed by atoms with Crippen molar-refractivity contribution in [3.05, 3.63) is 32.8 Å². The highest BCUT2D eigenvalue weighted by Crippen LogP contribution is 2.50. The number of fused-ring (bicyclic) bond motifs is 3. The average molecular weight is 509 g/mol. The van der Waals surface area contributed by atoms with Gasteiger partial charge in [0.05, 0.1) is 11.3 Å². The molecular formula is C24H26F2N2O4S2. The fourth-order valence-electron chi connectivity index (χ4n) is 5.30. The summed E-state index contributed by atoms with van der Waals surface area (Å²) < 4.78 is 33.5. The van der Waals surface area contributed by atoms with E-state index in [0.717, 1.165) is 42.5 Å². The number of rotatable bonds is 5. The topological polar surface area (TPSA) is 88.5 Å². The molecule has 1 fully saturated rings. The Labute approximate surface area is 204 Å². The van der Waals surface area contributed by atoms with E-state index in [1.165, 1.54) is 22.7 Å². The summed E-state index contributed by atoms with van der Waals surface area (Å²) in [6.45, 7) is 4.08. The van der Waals surface area contributed by atoms with E-state index in [4.69, 9.17) is 9.72 Å². The highest BCUT2D eigenvalue weighted by atomic mass is 32.1. The molecular weight excluding hydrogens is 482 g/mol. The SMILES string of the molecule is CC(C)c1csc(-c2c(NC(=O)C3=C(OC(=O)O)C4CCC3CC4)sc3c2CCC(F)(F)C3)n1. The van der Waals surface area contributed by atoms with Crippen LogP contribution in [0.25, 0.3) is 10.6 Å². The number of nitrogens with zero attached hydrogens (tertiary/aromatic N) is 1. The van der Waals surface area contributed by atoms with Crippen LogP contribution in [0, 0.1) is 11.8 Å². The standard InChI is InChI=1S/C24H26F2N2O4S2/c1-11(2)15-10-33-21(27-15)18-14-7-8-24(25,26)9-16(14)34-22(18)28-20(29)17-12-3-5-13(6-4-12)19(17)32-23(30)31/h10-13H,3-9H2,1-2H3,(H,28,29)(H,30,31). The Bertz CT molecular complexity index is 1180. The number of carboxylic acid groups (broad SMARTS) is 1. The number of ether oxygens (including phenoxy) is 1. The van der Waals surface area contributed by atoms with Crippen LogP contribution in [-0.4, -0.2) is 28.1 Å². The number of carbonyl (C=O) groups is 2. The fourth-order valence-corrected chi connectivity index (χ4v) is 7.74. The Morgan fingerprint density at radius 2 is 1.94 bits per heavy atom. The van der Waals surface area contributed by atoms with Crippen molar-refractivity contribution in [2.45, 2.75) is 70.6 Å². The number of thiophene rings is 1. The van der Waals surface area contributed by atoms with E-state index in [1.807, 2.05) is 19.2 Å². The number of aromatic nitrogens is 1. The number of anilines is 1. The first-order valence-electron chi connectivity index (χ1n) is 11.6. The molecule has 34 heavy (non-hydrogen) atoms. The number of amides is 1. The molecule has 10 heteroatoms. The Morgan fingerprint density at radius 3 is 2.59 bits per heavy atom. The summed E-state index contributed by atoms with van der Waals surface area (Å²) in [5, 5.41) is 15.4. The van der Waals surface area contributed by atoms with Gasteiger partial charge in [-0.3, -0.25) is 4.79 Å². The van der Waals surface area contributed by atoms with Gasteiger partial charge in [-0.05, 0) is 49.5 Å². The molecule has 182 valence electrons. The van der Waals surface area contributed by atoms with Crippen LogP contribution in [0.4, 0.5) is 18.6 Å². The number of nitrogens with one attached hydrogen (secondary N) is 1. The van der Waals surface area contributed by atoms with Crippen molar-refractivity contribution in [2.24, 2.45) is 11.8 Å². The zero-order valence-corrected chi connectivity index (χ0v) is 20.6. The van der Waals surface area contributed by atoms with Crippen LogP contribution in [0.3, 0.4) is 0 Å². The molecule has 0 spiro atoms. The van der Waals surface area contributed by atoms with Gasteiger partial charge in [-0.1, -0.05) is 13.8 Å². The van der Waals surface area contributed by atoms with Gasteiger partial charge in [-0.15, -0.1) is 22.7 Å². The molecule has 6 nitrogen and oxygen atoms in total. The van der Waals surface area contributed by atoms with Gasteiger partial charge in [0.2, 0.25) is 0 Å². The van der Waals surface area contributed by atoms with Gasteiger partial charge < -0.3 is 15.2 Å². The smallest absolute Gasteiger partial charge is 0.449 e. The van der Waals surface area contributed by atoms with Crippen LogP contribution in [-0.2, 0) is 22.4 Å². The highest BCUT2D eigenvalue weighted by Gasteiger charge is 2.42. The van der Waals surface area contributed by atoms with Crippen molar-refractivity contribution >= 4 is 39.7 Å². The van der Waals surface area contributed by atoms with Gasteiger partial charge in [0.1, 0.15) is 15.8 Å². The zero-order chi connectivity index (χ0) is 24.2. The summed E-state index contributed by atoms with van der Waals surface area (Å²) in [6.07, 6.45) is 1.44. The normalized spacial score (nSPS) is 23.2. The number of carbonyl (C=O) groups excluding carboxylic acids is 1. The van der Waals surface area contributed by atoms with Gasteiger partial charge in [0.25, 0.3) is 11.8 Å². The van der Waals surface area contributed by atoms with Gasteiger partial charge >= 0.3 is 6.16 Å². The van der Waals surface area contributed by atoms with E-state index >= 15 is 0 Å². The quantitative estimate of drug-likeness (QED) is 0.432. The summed E-state index contributed by atoms with van der Waals surface area (Å²) in [6, 6.07) is 0. The molecule has 2 aromatic heterocycles. The van der Waals surface area contributed by atoms with Crippen LogP contribution in [0.1, 0.15) is 68.0 Å². The molecule has 4 aliphatic carbocycles. The van der Waals surface area contributed by atoms with Crippen LogP contribution in [0.2, 0.25) is 0 Å². The zero-order valence-electron chi connectivity index (χ0n) is 19.0. The summed E-state index contributed by atoms with van der Waals surface area (Å²) in [7, 11) is 0. The monoisotopic (exact) mass is 508 g/mol. The van der Waals surface area contributed by atoms with Gasteiger partial charge in [-0.2, -0.15) is 0 Å². The van der Waals surface area contributed by atoms with E-state index in [-0.39, 0.29) is 42.8 Å². The van der Waals surface area contributed by atoms with E-state index in [1.54, 1.807) is 0 Å². The maximum atomic E-state index is 14.2. The van der Waals surface area contributed by atoms with Crippen LogP contribution in [0.15, 0.2) is 16.7 Å². The van der Waals surface area contributed by atoms with Crippen LogP contribution < -0.4 is 5.32 Å². The van der Waals surface area contributed by atoms with Gasteiger partial charge in [0.15, 0.2) is 0 Å². The Morgan fingerprint density at radius 1 is 1.24 bits per heavy atom. The number of thiazole rings is 1. The average Bonchev–Trinajstić information content (AvgIpc) is 3.37. The summed E-state index contributed by atoms with van der Waals surface area (Å²) in [5.74, 6) is -2.84. The van der Waals surface area contributed by atoms with E-state index < -0.39 is 18.0 Å². The lowest BCUT2D eigenvalue weighted by molar-refractivity contribution is -0.114. The minimum atomic E-state index is -2.77. The second-order valence-electron chi connectivity index (χ2n) is 9.62. The maximum absolute atomic E-state index is 14.2. The third kappa shape index (κ3) is 4.26. The molecule has 6 rings (SSSR count). The van der Waals surface area contributed by atoms with Crippen molar-refractivity contribution in [1.29, 1.82) is 0 Å². The Balaban J connectivity index is 1.55. The second-order valence-corrected chi connectivity index (χ2v) is 11.6. The molecule has 1 amide bonds. The van der Waals surface area contributed by atoms with E-state index in [9.17, 15) is 23.5 Å². The number of hydrogen-bond donors (Lipinski definition) is 2. The molecule has 2 heterocycles. The number of halogens is 2. The first kappa shape index (κ1) is 23.4. The van der Waals surface area contributed by atoms with Gasteiger partial charge in [0, 0.05) is 34.6 Å². The predicted molar refractivity (Wildman–Crippen MR) is 127 cm³/mol. The third-order valence-corrected chi connectivity index (χ3v) is 9.04. The van der Waals surface area contributed by atoms with Crippen molar-refractivity contribution in [3.8, 4) is 10.6 Å². The lowest BCUT2D eigenvalue weighted by Crippen LogP contribution is -2.34. The van der Waals surface area contributed by atoms with Crippen molar-refractivity contribution in [1.82, 2.24) is 4.98 Å². The number of hydrogen-bond acceptors (Lipinski definition) is 6. The van der Waals surface area contributed by atoms with Crippen molar-refractivity contribution in [2.75, 3.05) is 5.32 Å². The predicted octanol–water partition coefficient (Wildman–Crippen LogP) is 6.83. The number of allylic oxidation sites excluding steroid dienone is 1. The maximum Gasteiger partial charge on any atom is 0.511 e. The minimum Gasteiger partial charge on any atom is -0.449 e. The molecule has 4 aliphatic rings. The van der Waals surface area contributed by atoms with E-state index in [2.05, 4.69) is 5.32 Å². The van der Waals surface area contributed by atoms with E-state index in [0.29, 0.717) is 20.5 Å². The highest BCUT2D eigenvalue weighted by molar-refractivity contribution is 7.18. The molecule has 2 N–H and O–H groups in total. The Hall–Kier alpha value is -2.33. The lowest BCUT2D eigenvalue weighted by Gasteiger charge is -2.37. The first-order valence-corrected chi connectivity index (χ1v) is 13.3. The van der Waals surface area contributed by atoms with Crippen molar-refractivity contribution in [3.63, 3.8) is 0 Å². The molecule has 0 unspecified atom stereocenters. The molecule has 2 aromatic rings. The second kappa shape index (κ2) is 8.71. The van der Waals surface area contributed by atoms with Gasteiger partial charge in [-0.25, -0.2) is 18.6 Å². The molecule has 2 bridgehead atoms. The molecule has 0 aromatic carbocycles. The summed E-state index contributed by atoms with van der Waals surface area (Å²) >= 11 is 2.63. The Kier molecular flexibility index (Phi) is 6.00. The minimum absolute atomic E-state index is 0.0610. The van der Waals surface area contributed by atoms with Crippen molar-refractivity contribution < 1.29 is 28.2 Å². The molecule has 0 radical (unpaired) electrons.